The first-order valence-electron chi connectivity index (χ1n) is 11.1. The zero-order chi connectivity index (χ0) is 25.1. The van der Waals surface area contributed by atoms with Crippen molar-refractivity contribution in [2.45, 2.75) is 74.5 Å². The lowest BCUT2D eigenvalue weighted by Gasteiger charge is -2.56. The molecule has 3 fully saturated rings. The van der Waals surface area contributed by atoms with Crippen molar-refractivity contribution in [3.8, 4) is 5.75 Å². The number of benzene rings is 1. The SMILES string of the molecule is CNC(C)C(F)C(N=O)C(=O)NC12CCC(NC(=O)COc3ccc(Cl)c(F)c3)(CC1)C[C@@H]2O. The van der Waals surface area contributed by atoms with Gasteiger partial charge in [-0.25, -0.2) is 8.78 Å². The number of hydrogen-bond acceptors (Lipinski definition) is 7. The summed E-state index contributed by atoms with van der Waals surface area (Å²) < 4.78 is 33.3. The second-order valence-electron chi connectivity index (χ2n) is 9.13. The van der Waals surface area contributed by atoms with Crippen LogP contribution in [0.15, 0.2) is 23.4 Å². The van der Waals surface area contributed by atoms with E-state index >= 15 is 0 Å². The fourth-order valence-corrected chi connectivity index (χ4v) is 4.83. The number of nitrogens with zero attached hydrogens (tertiary/aromatic N) is 1. The van der Waals surface area contributed by atoms with E-state index in [-0.39, 0.29) is 23.8 Å². The number of ether oxygens (including phenoxy) is 1. The number of aliphatic hydroxyl groups excluding tert-OH is 1. The fraction of sp³-hybridized carbons (Fsp3) is 0.636. The molecule has 0 aliphatic heterocycles. The Morgan fingerprint density at radius 1 is 1.29 bits per heavy atom. The van der Waals surface area contributed by atoms with Crippen molar-refractivity contribution >= 4 is 23.4 Å². The Labute approximate surface area is 200 Å². The molecule has 0 radical (unpaired) electrons. The van der Waals surface area contributed by atoms with E-state index in [4.69, 9.17) is 16.3 Å². The van der Waals surface area contributed by atoms with E-state index in [1.807, 2.05) is 0 Å². The zero-order valence-electron chi connectivity index (χ0n) is 18.9. The number of alkyl halides is 1. The van der Waals surface area contributed by atoms with Crippen molar-refractivity contribution in [2.75, 3.05) is 13.7 Å². The monoisotopic (exact) mass is 502 g/mol. The molecule has 0 heterocycles. The van der Waals surface area contributed by atoms with Crippen molar-refractivity contribution in [1.82, 2.24) is 16.0 Å². The second-order valence-corrected chi connectivity index (χ2v) is 9.54. The molecule has 3 aliphatic carbocycles. The first-order valence-corrected chi connectivity index (χ1v) is 11.5. The zero-order valence-corrected chi connectivity index (χ0v) is 19.7. The van der Waals surface area contributed by atoms with E-state index in [0.717, 1.165) is 6.07 Å². The maximum absolute atomic E-state index is 14.5. The third-order valence-corrected chi connectivity index (χ3v) is 7.28. The Kier molecular flexibility index (Phi) is 8.10. The second kappa shape index (κ2) is 10.5. The molecule has 1 aromatic rings. The summed E-state index contributed by atoms with van der Waals surface area (Å²) >= 11 is 5.63. The van der Waals surface area contributed by atoms with Crippen LogP contribution in [0.25, 0.3) is 0 Å². The predicted octanol–water partition coefficient (Wildman–Crippen LogP) is 1.99. The van der Waals surface area contributed by atoms with Crippen LogP contribution in [0.4, 0.5) is 8.78 Å². The summed E-state index contributed by atoms with van der Waals surface area (Å²) in [4.78, 5) is 36.3. The summed E-state index contributed by atoms with van der Waals surface area (Å²) in [6.45, 7) is 1.14. The molecule has 3 aliphatic rings. The molecule has 0 saturated heterocycles. The Bertz CT molecular complexity index is 929. The molecule has 12 heteroatoms. The van der Waals surface area contributed by atoms with Crippen LogP contribution < -0.4 is 20.7 Å². The van der Waals surface area contributed by atoms with Crippen molar-refractivity contribution in [3.05, 3.63) is 33.9 Å². The van der Waals surface area contributed by atoms with Gasteiger partial charge in [0.15, 0.2) is 6.61 Å². The molecule has 4 rings (SSSR count). The smallest absolute Gasteiger partial charge is 0.258 e. The van der Waals surface area contributed by atoms with Crippen LogP contribution in [0.1, 0.15) is 39.0 Å². The van der Waals surface area contributed by atoms with E-state index in [9.17, 15) is 28.4 Å². The van der Waals surface area contributed by atoms with Gasteiger partial charge in [0.25, 0.3) is 11.8 Å². The van der Waals surface area contributed by atoms with Gasteiger partial charge in [0.2, 0.25) is 6.04 Å². The summed E-state index contributed by atoms with van der Waals surface area (Å²) in [6.07, 6.45) is -1.11. The third-order valence-electron chi connectivity index (χ3n) is 6.98. The summed E-state index contributed by atoms with van der Waals surface area (Å²) in [5.74, 6) is -1.82. The molecule has 3 unspecified atom stereocenters. The van der Waals surface area contributed by atoms with Crippen LogP contribution in [0.2, 0.25) is 5.02 Å². The van der Waals surface area contributed by atoms with E-state index < -0.39 is 53.1 Å². The maximum Gasteiger partial charge on any atom is 0.258 e. The number of hydrogen-bond donors (Lipinski definition) is 4. The van der Waals surface area contributed by atoms with E-state index in [2.05, 4.69) is 21.1 Å². The van der Waals surface area contributed by atoms with Gasteiger partial charge in [-0.2, -0.15) is 0 Å². The summed E-state index contributed by atoms with van der Waals surface area (Å²) in [5.41, 5.74) is -1.71. The van der Waals surface area contributed by atoms with Gasteiger partial charge in [0.1, 0.15) is 17.7 Å². The lowest BCUT2D eigenvalue weighted by molar-refractivity contribution is -0.137. The van der Waals surface area contributed by atoms with Gasteiger partial charge >= 0.3 is 0 Å². The Balaban J connectivity index is 1.58. The number of carbonyl (C=O) groups is 2. The van der Waals surface area contributed by atoms with E-state index in [1.54, 1.807) is 0 Å². The number of aliphatic hydroxyl groups is 1. The van der Waals surface area contributed by atoms with Gasteiger partial charge in [-0.1, -0.05) is 16.8 Å². The first-order chi connectivity index (χ1) is 16.0. The van der Waals surface area contributed by atoms with Gasteiger partial charge < -0.3 is 25.8 Å². The molecular weight excluding hydrogens is 474 g/mol. The average molecular weight is 503 g/mol. The van der Waals surface area contributed by atoms with Gasteiger partial charge in [-0.15, -0.1) is 4.91 Å². The average Bonchev–Trinajstić information content (AvgIpc) is 2.80. The number of carbonyl (C=O) groups excluding carboxylic acids is 2. The van der Waals surface area contributed by atoms with Gasteiger partial charge in [0.05, 0.1) is 16.7 Å². The molecule has 4 N–H and O–H groups in total. The summed E-state index contributed by atoms with van der Waals surface area (Å²) in [5, 5.41) is 21.7. The standard InChI is InChI=1S/C22H29ClF2N4O5/c1-12(26-2)18(25)19(29-33)20(32)28-22-7-5-21(6-8-22,10-16(22)30)27-17(31)11-34-13-3-4-14(23)15(24)9-13/h3-4,9,12,16,18-19,26,30H,5-8,10-11H2,1-2H3,(H,27,31)(H,28,32)/t12?,16-,18?,19?,21?,22?/m0/s1. The molecule has 34 heavy (non-hydrogen) atoms. The molecule has 0 spiro atoms. The molecule has 3 saturated carbocycles. The van der Waals surface area contributed by atoms with Crippen LogP contribution in [0.5, 0.6) is 5.75 Å². The highest BCUT2D eigenvalue weighted by atomic mass is 35.5. The highest BCUT2D eigenvalue weighted by Crippen LogP contribution is 2.47. The third kappa shape index (κ3) is 5.47. The van der Waals surface area contributed by atoms with Gasteiger partial charge in [0, 0.05) is 17.6 Å². The van der Waals surface area contributed by atoms with E-state index in [1.165, 1.54) is 26.1 Å². The van der Waals surface area contributed by atoms with Crippen LogP contribution in [0.3, 0.4) is 0 Å². The van der Waals surface area contributed by atoms with Crippen molar-refractivity contribution < 1.29 is 28.2 Å². The molecule has 4 atom stereocenters. The van der Waals surface area contributed by atoms with Crippen LogP contribution in [-0.4, -0.2) is 66.0 Å². The van der Waals surface area contributed by atoms with E-state index in [0.29, 0.717) is 25.7 Å². The summed E-state index contributed by atoms with van der Waals surface area (Å²) in [6, 6.07) is 1.34. The first kappa shape index (κ1) is 26.2. The Morgan fingerprint density at radius 2 is 1.97 bits per heavy atom. The molecular formula is C22H29ClF2N4O5. The predicted molar refractivity (Wildman–Crippen MR) is 121 cm³/mol. The largest absolute Gasteiger partial charge is 0.484 e. The van der Waals surface area contributed by atoms with Crippen LogP contribution in [-0.2, 0) is 9.59 Å². The molecule has 2 bridgehead atoms. The minimum absolute atomic E-state index is 0.0570. The Morgan fingerprint density at radius 3 is 2.53 bits per heavy atom. The van der Waals surface area contributed by atoms with Crippen LogP contribution >= 0.6 is 11.6 Å². The molecule has 1 aromatic carbocycles. The van der Waals surface area contributed by atoms with Gasteiger partial charge in [-0.3, -0.25) is 9.59 Å². The molecule has 2 amide bonds. The summed E-state index contributed by atoms with van der Waals surface area (Å²) in [7, 11) is 1.51. The number of nitroso groups, excluding NO2 is 1. The highest BCUT2D eigenvalue weighted by Gasteiger charge is 2.56. The molecule has 9 nitrogen and oxygen atoms in total. The number of halogens is 3. The van der Waals surface area contributed by atoms with Crippen molar-refractivity contribution in [2.24, 2.45) is 5.18 Å². The van der Waals surface area contributed by atoms with Crippen LogP contribution in [0, 0.1) is 10.7 Å². The number of nitrogens with one attached hydrogen (secondary N) is 3. The number of rotatable bonds is 10. The lowest BCUT2D eigenvalue weighted by atomic mass is 9.59. The van der Waals surface area contributed by atoms with Crippen molar-refractivity contribution in [1.29, 1.82) is 0 Å². The highest BCUT2D eigenvalue weighted by molar-refractivity contribution is 6.30. The number of fused-ring (bicyclic) bond motifs is 3. The molecule has 0 aromatic heterocycles. The normalized spacial score (nSPS) is 28.5. The topological polar surface area (TPSA) is 129 Å². The fourth-order valence-electron chi connectivity index (χ4n) is 4.71. The van der Waals surface area contributed by atoms with Crippen molar-refractivity contribution in [3.63, 3.8) is 0 Å². The Hall–Kier alpha value is -2.37. The molecule has 188 valence electrons. The minimum Gasteiger partial charge on any atom is -0.484 e. The maximum atomic E-state index is 14.5. The van der Waals surface area contributed by atoms with Gasteiger partial charge in [-0.05, 0) is 58.2 Å². The minimum atomic E-state index is -1.82. The lowest BCUT2D eigenvalue weighted by Crippen LogP contribution is -2.71. The number of amides is 2. The quantitative estimate of drug-likeness (QED) is 0.362.